The molecule has 1 aromatic carbocycles. The molecule has 0 heterocycles. The lowest BCUT2D eigenvalue weighted by Gasteiger charge is -2.25. The van der Waals surface area contributed by atoms with Crippen molar-refractivity contribution in [1.29, 1.82) is 0 Å². The Morgan fingerprint density at radius 3 is 2.55 bits per heavy atom. The van der Waals surface area contributed by atoms with Crippen LogP contribution in [0.5, 0.6) is 0 Å². The van der Waals surface area contributed by atoms with Gasteiger partial charge in [-0.2, -0.15) is 13.2 Å². The van der Waals surface area contributed by atoms with Crippen molar-refractivity contribution >= 4 is 16.0 Å². The number of rotatable bonds is 9. The van der Waals surface area contributed by atoms with Gasteiger partial charge in [-0.15, -0.1) is 0 Å². The van der Waals surface area contributed by atoms with Crippen LogP contribution in [-0.4, -0.2) is 39.8 Å². The summed E-state index contributed by atoms with van der Waals surface area (Å²) in [6.07, 6.45) is -1.51. The number of aliphatic imine (C=N–C) groups is 1. The van der Waals surface area contributed by atoms with E-state index in [0.29, 0.717) is 25.1 Å². The summed E-state index contributed by atoms with van der Waals surface area (Å²) in [4.78, 5) is 4.06. The SMILES string of the molecule is CCNC(=NCc1ccc(F)cc1C(F)(F)F)NCCS(=O)(=O)NCC1CCC1. The largest absolute Gasteiger partial charge is 0.416 e. The molecular formula is C18H26F4N4O2S. The van der Waals surface area contributed by atoms with Gasteiger partial charge in [0, 0.05) is 19.6 Å². The lowest BCUT2D eigenvalue weighted by atomic mass is 9.86. The van der Waals surface area contributed by atoms with Crippen molar-refractivity contribution in [3.05, 3.63) is 35.1 Å². The molecule has 0 radical (unpaired) electrons. The molecule has 1 fully saturated rings. The third-order valence-corrected chi connectivity index (χ3v) is 5.96. The molecule has 1 saturated carbocycles. The van der Waals surface area contributed by atoms with E-state index in [1.807, 2.05) is 0 Å². The monoisotopic (exact) mass is 438 g/mol. The first-order valence-corrected chi connectivity index (χ1v) is 11.1. The number of nitrogens with one attached hydrogen (secondary N) is 3. The van der Waals surface area contributed by atoms with Crippen molar-refractivity contribution < 1.29 is 26.0 Å². The predicted octanol–water partition coefficient (Wildman–Crippen LogP) is 2.62. The van der Waals surface area contributed by atoms with Crippen molar-refractivity contribution in [2.24, 2.45) is 10.9 Å². The quantitative estimate of drug-likeness (QED) is 0.315. The third kappa shape index (κ3) is 7.81. The Hall–Kier alpha value is -1.88. The van der Waals surface area contributed by atoms with Crippen LogP contribution in [0, 0.1) is 11.7 Å². The highest BCUT2D eigenvalue weighted by atomic mass is 32.2. The maximum absolute atomic E-state index is 13.2. The van der Waals surface area contributed by atoms with Gasteiger partial charge in [0.05, 0.1) is 17.9 Å². The van der Waals surface area contributed by atoms with Crippen LogP contribution in [0.25, 0.3) is 0 Å². The maximum Gasteiger partial charge on any atom is 0.416 e. The molecule has 1 aliphatic carbocycles. The Balaban J connectivity index is 1.94. The zero-order valence-corrected chi connectivity index (χ0v) is 17.0. The first-order valence-electron chi connectivity index (χ1n) is 9.46. The summed E-state index contributed by atoms with van der Waals surface area (Å²) in [5, 5.41) is 5.64. The number of hydrogen-bond acceptors (Lipinski definition) is 3. The topological polar surface area (TPSA) is 82.6 Å². The number of benzene rings is 1. The average molecular weight is 438 g/mol. The molecule has 0 atom stereocenters. The van der Waals surface area contributed by atoms with E-state index in [-0.39, 0.29) is 30.4 Å². The summed E-state index contributed by atoms with van der Waals surface area (Å²) in [6.45, 7) is 2.35. The number of guanidine groups is 1. The van der Waals surface area contributed by atoms with E-state index in [0.717, 1.165) is 31.4 Å². The van der Waals surface area contributed by atoms with Gasteiger partial charge in [-0.3, -0.25) is 0 Å². The first kappa shape index (κ1) is 23.4. The molecule has 0 spiro atoms. The second-order valence-electron chi connectivity index (χ2n) is 6.89. The standard InChI is InChI=1S/C18H26F4N4O2S/c1-2-23-17(24-8-9-29(27,28)26-11-13-4-3-5-13)25-12-14-6-7-15(19)10-16(14)18(20,21)22/h6-7,10,13,26H,2-5,8-9,11-12H2,1H3,(H2,23,24,25). The van der Waals surface area contributed by atoms with Crippen LogP contribution in [0.1, 0.15) is 37.3 Å². The fourth-order valence-electron chi connectivity index (χ4n) is 2.77. The van der Waals surface area contributed by atoms with Crippen molar-refractivity contribution in [2.45, 2.75) is 38.9 Å². The molecule has 1 aliphatic rings. The first-order chi connectivity index (χ1) is 13.6. The number of nitrogens with zero attached hydrogens (tertiary/aromatic N) is 1. The van der Waals surface area contributed by atoms with Crippen LogP contribution in [0.2, 0.25) is 0 Å². The Morgan fingerprint density at radius 2 is 1.97 bits per heavy atom. The number of alkyl halides is 3. The fraction of sp³-hybridized carbons (Fsp3) is 0.611. The van der Waals surface area contributed by atoms with E-state index < -0.39 is 27.6 Å². The Bertz CT molecular complexity index is 809. The van der Waals surface area contributed by atoms with Crippen molar-refractivity contribution in [1.82, 2.24) is 15.4 Å². The minimum atomic E-state index is -4.70. The van der Waals surface area contributed by atoms with Gasteiger partial charge < -0.3 is 10.6 Å². The molecule has 29 heavy (non-hydrogen) atoms. The van der Waals surface area contributed by atoms with Crippen LogP contribution < -0.4 is 15.4 Å². The molecule has 164 valence electrons. The van der Waals surface area contributed by atoms with Crippen LogP contribution >= 0.6 is 0 Å². The summed E-state index contributed by atoms with van der Waals surface area (Å²) >= 11 is 0. The zero-order chi connectivity index (χ0) is 21.5. The highest BCUT2D eigenvalue weighted by molar-refractivity contribution is 7.89. The second kappa shape index (κ2) is 10.2. The van der Waals surface area contributed by atoms with E-state index in [2.05, 4.69) is 20.3 Å². The van der Waals surface area contributed by atoms with Gasteiger partial charge in [-0.1, -0.05) is 12.5 Å². The molecule has 3 N–H and O–H groups in total. The Labute approximate surface area is 168 Å². The molecule has 11 heteroatoms. The Kier molecular flexibility index (Phi) is 8.26. The molecule has 0 saturated heterocycles. The summed E-state index contributed by atoms with van der Waals surface area (Å²) in [6, 6.07) is 2.42. The minimum Gasteiger partial charge on any atom is -0.357 e. The molecule has 0 aliphatic heterocycles. The smallest absolute Gasteiger partial charge is 0.357 e. The van der Waals surface area contributed by atoms with Gasteiger partial charge >= 0.3 is 6.18 Å². The minimum absolute atomic E-state index is 0.0430. The second-order valence-corrected chi connectivity index (χ2v) is 8.81. The van der Waals surface area contributed by atoms with E-state index in [9.17, 15) is 26.0 Å². The summed E-state index contributed by atoms with van der Waals surface area (Å²) in [7, 11) is -3.45. The third-order valence-electron chi connectivity index (χ3n) is 4.61. The van der Waals surface area contributed by atoms with Gasteiger partial charge in [-0.05, 0) is 43.4 Å². The predicted molar refractivity (Wildman–Crippen MR) is 103 cm³/mol. The number of hydrogen-bond donors (Lipinski definition) is 3. The van der Waals surface area contributed by atoms with Gasteiger partial charge in [-0.25, -0.2) is 22.5 Å². The van der Waals surface area contributed by atoms with E-state index >= 15 is 0 Å². The zero-order valence-electron chi connectivity index (χ0n) is 16.2. The number of sulfonamides is 1. The molecule has 2 rings (SSSR count). The summed E-state index contributed by atoms with van der Waals surface area (Å²) < 4.78 is 79.0. The normalized spacial score (nSPS) is 15.8. The van der Waals surface area contributed by atoms with Gasteiger partial charge in [0.1, 0.15) is 5.82 Å². The fourth-order valence-corrected chi connectivity index (χ4v) is 3.78. The van der Waals surface area contributed by atoms with E-state index in [1.165, 1.54) is 0 Å². The molecule has 1 aromatic rings. The molecule has 0 unspecified atom stereocenters. The molecular weight excluding hydrogens is 412 g/mol. The van der Waals surface area contributed by atoms with Crippen LogP contribution in [-0.2, 0) is 22.7 Å². The molecule has 6 nitrogen and oxygen atoms in total. The number of halogens is 4. The molecule has 0 bridgehead atoms. The van der Waals surface area contributed by atoms with Crippen LogP contribution in [0.4, 0.5) is 17.6 Å². The van der Waals surface area contributed by atoms with Gasteiger partial charge in [0.15, 0.2) is 5.96 Å². The van der Waals surface area contributed by atoms with E-state index in [4.69, 9.17) is 0 Å². The summed E-state index contributed by atoms with van der Waals surface area (Å²) in [5.74, 6) is -0.585. The van der Waals surface area contributed by atoms with Crippen LogP contribution in [0.15, 0.2) is 23.2 Å². The van der Waals surface area contributed by atoms with Gasteiger partial charge in [0.25, 0.3) is 0 Å². The highest BCUT2D eigenvalue weighted by Gasteiger charge is 2.33. The van der Waals surface area contributed by atoms with E-state index in [1.54, 1.807) is 6.92 Å². The lowest BCUT2D eigenvalue weighted by Crippen LogP contribution is -2.42. The maximum atomic E-state index is 13.2. The Morgan fingerprint density at radius 1 is 1.24 bits per heavy atom. The van der Waals surface area contributed by atoms with Crippen molar-refractivity contribution in [3.8, 4) is 0 Å². The average Bonchev–Trinajstić information content (AvgIpc) is 2.58. The van der Waals surface area contributed by atoms with Crippen molar-refractivity contribution in [2.75, 3.05) is 25.4 Å². The highest BCUT2D eigenvalue weighted by Crippen LogP contribution is 2.32. The van der Waals surface area contributed by atoms with Crippen molar-refractivity contribution in [3.63, 3.8) is 0 Å². The van der Waals surface area contributed by atoms with Crippen LogP contribution in [0.3, 0.4) is 0 Å². The summed E-state index contributed by atoms with van der Waals surface area (Å²) in [5.41, 5.74) is -1.26. The van der Waals surface area contributed by atoms with Gasteiger partial charge in [0.2, 0.25) is 10.0 Å². The molecule has 0 aromatic heterocycles. The lowest BCUT2D eigenvalue weighted by molar-refractivity contribution is -0.138. The molecule has 0 amide bonds.